The van der Waals surface area contributed by atoms with Crippen LogP contribution in [0.5, 0.6) is 11.5 Å². The molecule has 2 aliphatic heterocycles. The van der Waals surface area contributed by atoms with Gasteiger partial charge in [0.1, 0.15) is 5.70 Å². The van der Waals surface area contributed by atoms with Crippen LogP contribution < -0.4 is 14.8 Å². The van der Waals surface area contributed by atoms with Gasteiger partial charge in [0.15, 0.2) is 11.5 Å². The Kier molecular flexibility index (Phi) is 3.96. The Hall–Kier alpha value is -3.88. The van der Waals surface area contributed by atoms with Crippen molar-refractivity contribution in [1.29, 1.82) is 0 Å². The maximum atomic E-state index is 12.6. The number of fused-ring (bicyclic) bond motifs is 1. The van der Waals surface area contributed by atoms with Gasteiger partial charge in [-0.15, -0.1) is 0 Å². The van der Waals surface area contributed by atoms with Crippen LogP contribution in [-0.4, -0.2) is 28.6 Å². The van der Waals surface area contributed by atoms with Gasteiger partial charge in [0, 0.05) is 12.1 Å². The summed E-state index contributed by atoms with van der Waals surface area (Å²) in [5.74, 6) is 0.665. The van der Waals surface area contributed by atoms with Crippen LogP contribution in [-0.2, 0) is 11.3 Å². The lowest BCUT2D eigenvalue weighted by Crippen LogP contribution is -2.30. The molecule has 2 aromatic rings. The summed E-state index contributed by atoms with van der Waals surface area (Å²) in [5.41, 5.74) is 1.11. The zero-order chi connectivity index (χ0) is 19.0. The number of urea groups is 1. The molecule has 0 unspecified atom stereocenters. The number of imide groups is 1. The number of nitro benzene ring substituents is 1. The molecule has 0 spiro atoms. The normalized spacial score (nSPS) is 16.7. The van der Waals surface area contributed by atoms with E-state index in [4.69, 9.17) is 9.47 Å². The number of hydrogen-bond acceptors (Lipinski definition) is 6. The summed E-state index contributed by atoms with van der Waals surface area (Å²) >= 11 is 0. The molecule has 2 aromatic carbocycles. The highest BCUT2D eigenvalue weighted by Crippen LogP contribution is 2.33. The fraction of sp³-hybridized carbons (Fsp3) is 0.111. The predicted octanol–water partition coefficient (Wildman–Crippen LogP) is 2.42. The minimum atomic E-state index is -0.561. The molecule has 0 saturated carbocycles. The molecule has 0 aromatic heterocycles. The van der Waals surface area contributed by atoms with E-state index in [-0.39, 0.29) is 24.7 Å². The summed E-state index contributed by atoms with van der Waals surface area (Å²) in [4.78, 5) is 36.1. The molecule has 4 rings (SSSR count). The van der Waals surface area contributed by atoms with Crippen LogP contribution in [0.1, 0.15) is 11.1 Å². The lowest BCUT2D eigenvalue weighted by Gasteiger charge is -2.12. The van der Waals surface area contributed by atoms with Crippen molar-refractivity contribution in [2.24, 2.45) is 0 Å². The molecule has 1 saturated heterocycles. The Bertz CT molecular complexity index is 1000. The smallest absolute Gasteiger partial charge is 0.329 e. The molecule has 2 aliphatic rings. The molecule has 1 N–H and O–H groups in total. The second-order valence-corrected chi connectivity index (χ2v) is 5.92. The van der Waals surface area contributed by atoms with Crippen molar-refractivity contribution >= 4 is 23.7 Å². The molecule has 0 atom stereocenters. The average molecular weight is 367 g/mol. The maximum Gasteiger partial charge on any atom is 0.329 e. The zero-order valence-corrected chi connectivity index (χ0v) is 13.9. The monoisotopic (exact) mass is 367 g/mol. The third-order valence-electron chi connectivity index (χ3n) is 4.13. The van der Waals surface area contributed by atoms with Gasteiger partial charge in [0.2, 0.25) is 6.79 Å². The molecule has 9 heteroatoms. The topological polar surface area (TPSA) is 111 Å². The zero-order valence-electron chi connectivity index (χ0n) is 13.9. The van der Waals surface area contributed by atoms with Crippen molar-refractivity contribution in [2.75, 3.05) is 6.79 Å². The van der Waals surface area contributed by atoms with Gasteiger partial charge in [-0.1, -0.05) is 18.2 Å². The molecule has 3 amide bonds. The predicted molar refractivity (Wildman–Crippen MR) is 92.7 cm³/mol. The van der Waals surface area contributed by atoms with E-state index >= 15 is 0 Å². The van der Waals surface area contributed by atoms with Crippen molar-refractivity contribution in [3.63, 3.8) is 0 Å². The highest BCUT2D eigenvalue weighted by Gasteiger charge is 2.33. The minimum Gasteiger partial charge on any atom is -0.454 e. The first-order valence-corrected chi connectivity index (χ1v) is 7.99. The number of ether oxygens (including phenoxy) is 2. The fourth-order valence-corrected chi connectivity index (χ4v) is 2.83. The quantitative estimate of drug-likeness (QED) is 0.384. The number of rotatable bonds is 4. The van der Waals surface area contributed by atoms with E-state index in [9.17, 15) is 19.7 Å². The highest BCUT2D eigenvalue weighted by atomic mass is 16.7. The van der Waals surface area contributed by atoms with E-state index in [0.717, 1.165) is 4.90 Å². The average Bonchev–Trinajstić information content (AvgIpc) is 3.22. The standard InChI is InChI=1S/C18H13N3O6/c22-17-14(7-11-2-1-3-13(6-11)21(24)25)19-18(23)20(17)9-12-4-5-15-16(8-12)27-10-26-15/h1-8H,9-10H2,(H,19,23)/b14-7+. The Labute approximate surface area is 152 Å². The summed E-state index contributed by atoms with van der Waals surface area (Å²) < 4.78 is 10.5. The van der Waals surface area contributed by atoms with Gasteiger partial charge >= 0.3 is 6.03 Å². The number of amides is 3. The van der Waals surface area contributed by atoms with Crippen molar-refractivity contribution in [1.82, 2.24) is 10.2 Å². The van der Waals surface area contributed by atoms with Gasteiger partial charge in [0.25, 0.3) is 11.6 Å². The number of nitro groups is 1. The summed E-state index contributed by atoms with van der Waals surface area (Å²) in [6.45, 7) is 0.200. The Morgan fingerprint density at radius 3 is 2.78 bits per heavy atom. The lowest BCUT2D eigenvalue weighted by molar-refractivity contribution is -0.384. The van der Waals surface area contributed by atoms with Crippen LogP contribution >= 0.6 is 0 Å². The van der Waals surface area contributed by atoms with Crippen LogP contribution in [0.3, 0.4) is 0 Å². The molecule has 9 nitrogen and oxygen atoms in total. The lowest BCUT2D eigenvalue weighted by atomic mass is 10.1. The first-order valence-electron chi connectivity index (χ1n) is 7.99. The van der Waals surface area contributed by atoms with Gasteiger partial charge in [0.05, 0.1) is 11.5 Å². The fourth-order valence-electron chi connectivity index (χ4n) is 2.83. The SMILES string of the molecule is O=C1N/C(=C/c2cccc([N+](=O)[O-])c2)C(=O)N1Cc1ccc2c(c1)OCO2. The van der Waals surface area contributed by atoms with Crippen LogP contribution in [0.4, 0.5) is 10.5 Å². The first-order chi connectivity index (χ1) is 13.0. The van der Waals surface area contributed by atoms with E-state index in [1.54, 1.807) is 24.3 Å². The van der Waals surface area contributed by atoms with Gasteiger partial charge in [-0.3, -0.25) is 19.8 Å². The van der Waals surface area contributed by atoms with Gasteiger partial charge in [-0.05, 0) is 29.3 Å². The van der Waals surface area contributed by atoms with Crippen molar-refractivity contribution < 1.29 is 24.0 Å². The molecular formula is C18H13N3O6. The third-order valence-corrected chi connectivity index (χ3v) is 4.13. The Balaban J connectivity index is 1.55. The Morgan fingerprint density at radius 1 is 1.15 bits per heavy atom. The van der Waals surface area contributed by atoms with Gasteiger partial charge in [-0.25, -0.2) is 4.79 Å². The van der Waals surface area contributed by atoms with Crippen LogP contribution in [0.2, 0.25) is 0 Å². The van der Waals surface area contributed by atoms with Crippen molar-refractivity contribution in [3.05, 3.63) is 69.4 Å². The molecule has 27 heavy (non-hydrogen) atoms. The molecule has 2 heterocycles. The number of benzene rings is 2. The number of nitrogens with zero attached hydrogens (tertiary/aromatic N) is 2. The van der Waals surface area contributed by atoms with E-state index in [1.165, 1.54) is 24.3 Å². The third kappa shape index (κ3) is 3.17. The van der Waals surface area contributed by atoms with Crippen LogP contribution in [0.25, 0.3) is 6.08 Å². The van der Waals surface area contributed by atoms with E-state index < -0.39 is 16.9 Å². The molecule has 1 fully saturated rings. The number of nitrogens with one attached hydrogen (secondary N) is 1. The summed E-state index contributed by atoms with van der Waals surface area (Å²) in [5, 5.41) is 13.4. The van der Waals surface area contributed by atoms with Gasteiger partial charge < -0.3 is 14.8 Å². The molecule has 0 radical (unpaired) electrons. The maximum absolute atomic E-state index is 12.6. The molecular weight excluding hydrogens is 354 g/mol. The molecule has 0 bridgehead atoms. The summed E-state index contributed by atoms with van der Waals surface area (Å²) in [6, 6.07) is 10.4. The summed E-state index contributed by atoms with van der Waals surface area (Å²) in [7, 11) is 0. The van der Waals surface area contributed by atoms with E-state index in [1.807, 2.05) is 0 Å². The Morgan fingerprint density at radius 2 is 1.96 bits per heavy atom. The number of carbonyl (C=O) groups excluding carboxylic acids is 2. The van der Waals surface area contributed by atoms with Crippen molar-refractivity contribution in [3.8, 4) is 11.5 Å². The van der Waals surface area contributed by atoms with Gasteiger partial charge in [-0.2, -0.15) is 0 Å². The van der Waals surface area contributed by atoms with Crippen LogP contribution in [0.15, 0.2) is 48.2 Å². The molecule has 136 valence electrons. The largest absolute Gasteiger partial charge is 0.454 e. The van der Waals surface area contributed by atoms with Crippen LogP contribution in [0, 0.1) is 10.1 Å². The van der Waals surface area contributed by atoms with E-state index in [2.05, 4.69) is 5.32 Å². The number of hydrogen-bond donors (Lipinski definition) is 1. The van der Waals surface area contributed by atoms with Crippen molar-refractivity contribution in [2.45, 2.75) is 6.54 Å². The molecule has 0 aliphatic carbocycles. The van der Waals surface area contributed by atoms with E-state index in [0.29, 0.717) is 22.6 Å². The second-order valence-electron chi connectivity index (χ2n) is 5.92. The summed E-state index contributed by atoms with van der Waals surface area (Å²) in [6.07, 6.45) is 1.41. The second kappa shape index (κ2) is 6.45. The first kappa shape index (κ1) is 16.6. The number of non-ortho nitro benzene ring substituents is 1. The highest BCUT2D eigenvalue weighted by molar-refractivity contribution is 6.13. The number of carbonyl (C=O) groups is 2. The minimum absolute atomic E-state index is 0.0567.